The zero-order valence-corrected chi connectivity index (χ0v) is 16.7. The predicted octanol–water partition coefficient (Wildman–Crippen LogP) is 4.61. The van der Waals surface area contributed by atoms with Crippen molar-refractivity contribution < 1.29 is 9.57 Å². The van der Waals surface area contributed by atoms with E-state index in [4.69, 9.17) is 9.57 Å². The van der Waals surface area contributed by atoms with Crippen LogP contribution in [-0.2, 0) is 18.0 Å². The summed E-state index contributed by atoms with van der Waals surface area (Å²) in [6.45, 7) is 0.779. The minimum Gasteiger partial charge on any atom is -0.495 e. The molecule has 0 bridgehead atoms. The summed E-state index contributed by atoms with van der Waals surface area (Å²) in [6, 6.07) is 27.3. The summed E-state index contributed by atoms with van der Waals surface area (Å²) in [7, 11) is 1.56. The van der Waals surface area contributed by atoms with Crippen molar-refractivity contribution in [3.8, 4) is 5.75 Å². The number of ether oxygens (including phenoxy) is 1. The topological polar surface area (TPSA) is 52.8 Å². The van der Waals surface area contributed by atoms with Crippen molar-refractivity contribution in [1.82, 2.24) is 4.57 Å². The van der Waals surface area contributed by atoms with Crippen molar-refractivity contribution in [2.75, 3.05) is 7.11 Å². The van der Waals surface area contributed by atoms with E-state index in [9.17, 15) is 4.79 Å². The van der Waals surface area contributed by atoms with Gasteiger partial charge in [0.05, 0.1) is 25.4 Å². The molecule has 1 aromatic heterocycles. The number of oxime groups is 1. The number of rotatable bonds is 7. The molecule has 5 heteroatoms. The van der Waals surface area contributed by atoms with Crippen LogP contribution in [0.3, 0.4) is 0 Å². The van der Waals surface area contributed by atoms with Crippen molar-refractivity contribution in [3.05, 3.63) is 112 Å². The summed E-state index contributed by atoms with van der Waals surface area (Å²) < 4.78 is 7.34. The molecule has 0 amide bonds. The number of benzene rings is 3. The Balaban J connectivity index is 1.73. The average molecular weight is 398 g/mol. The normalized spacial score (nSPS) is 11.1. The Morgan fingerprint density at radius 3 is 2.20 bits per heavy atom. The molecule has 4 rings (SSSR count). The van der Waals surface area contributed by atoms with Crippen LogP contribution in [0.5, 0.6) is 5.75 Å². The van der Waals surface area contributed by atoms with Crippen LogP contribution in [0.25, 0.3) is 10.9 Å². The van der Waals surface area contributed by atoms with Crippen LogP contribution in [0, 0.1) is 0 Å². The first-order chi connectivity index (χ1) is 14.8. The number of hydrogen-bond donors (Lipinski definition) is 0. The number of fused-ring (bicyclic) bond motifs is 1. The van der Waals surface area contributed by atoms with Gasteiger partial charge in [-0.05, 0) is 23.3 Å². The molecule has 0 aliphatic carbocycles. The molecule has 4 aromatic rings. The van der Waals surface area contributed by atoms with E-state index in [1.165, 1.54) is 6.21 Å². The van der Waals surface area contributed by atoms with Gasteiger partial charge in [0.2, 0.25) is 0 Å². The Hall–Kier alpha value is -3.86. The average Bonchev–Trinajstić information content (AvgIpc) is 2.80. The van der Waals surface area contributed by atoms with Crippen molar-refractivity contribution in [2.24, 2.45) is 5.16 Å². The number of methoxy groups -OCH3 is 1. The molecule has 3 aromatic carbocycles. The van der Waals surface area contributed by atoms with E-state index < -0.39 is 0 Å². The Morgan fingerprint density at radius 2 is 1.50 bits per heavy atom. The number of para-hydroxylation sites is 1. The molecular weight excluding hydrogens is 376 g/mol. The van der Waals surface area contributed by atoms with Crippen LogP contribution < -0.4 is 10.3 Å². The highest BCUT2D eigenvalue weighted by Crippen LogP contribution is 2.27. The molecule has 0 spiro atoms. The van der Waals surface area contributed by atoms with Gasteiger partial charge in [0.1, 0.15) is 17.9 Å². The van der Waals surface area contributed by atoms with Gasteiger partial charge in [0.25, 0.3) is 5.56 Å². The first kappa shape index (κ1) is 19.5. The lowest BCUT2D eigenvalue weighted by molar-refractivity contribution is 0.132. The minimum atomic E-state index is -0.179. The predicted molar refractivity (Wildman–Crippen MR) is 119 cm³/mol. The number of pyridine rings is 1. The highest BCUT2D eigenvalue weighted by atomic mass is 16.6. The Labute approximate surface area is 174 Å². The number of hydrogen-bond acceptors (Lipinski definition) is 4. The summed E-state index contributed by atoms with van der Waals surface area (Å²) >= 11 is 0. The van der Waals surface area contributed by atoms with Crippen molar-refractivity contribution in [3.63, 3.8) is 0 Å². The summed E-state index contributed by atoms with van der Waals surface area (Å²) in [4.78, 5) is 18.8. The lowest BCUT2D eigenvalue weighted by Gasteiger charge is -2.15. The quantitative estimate of drug-likeness (QED) is 0.337. The van der Waals surface area contributed by atoms with E-state index in [-0.39, 0.29) is 5.56 Å². The highest BCUT2D eigenvalue weighted by Gasteiger charge is 2.16. The lowest BCUT2D eigenvalue weighted by atomic mass is 10.1. The lowest BCUT2D eigenvalue weighted by Crippen LogP contribution is -2.25. The Bertz CT molecular complexity index is 1220. The van der Waals surface area contributed by atoms with E-state index in [1.54, 1.807) is 11.7 Å². The van der Waals surface area contributed by atoms with Crippen LogP contribution in [0.15, 0.2) is 94.9 Å². The van der Waals surface area contributed by atoms with Gasteiger partial charge in [0, 0.05) is 5.39 Å². The second-order valence-electron chi connectivity index (χ2n) is 6.83. The van der Waals surface area contributed by atoms with Gasteiger partial charge < -0.3 is 14.1 Å². The fourth-order valence-electron chi connectivity index (χ4n) is 3.43. The van der Waals surface area contributed by atoms with Crippen molar-refractivity contribution >= 4 is 17.1 Å². The monoisotopic (exact) mass is 398 g/mol. The molecule has 5 nitrogen and oxygen atoms in total. The van der Waals surface area contributed by atoms with Gasteiger partial charge in [-0.3, -0.25) is 4.79 Å². The summed E-state index contributed by atoms with van der Waals surface area (Å²) in [5.74, 6) is 0.493. The van der Waals surface area contributed by atoms with Crippen LogP contribution >= 0.6 is 0 Å². The minimum absolute atomic E-state index is 0.179. The zero-order chi connectivity index (χ0) is 20.8. The van der Waals surface area contributed by atoms with Gasteiger partial charge in [-0.15, -0.1) is 0 Å². The Morgan fingerprint density at radius 1 is 0.867 bits per heavy atom. The van der Waals surface area contributed by atoms with Crippen LogP contribution in [0.2, 0.25) is 0 Å². The third kappa shape index (κ3) is 4.10. The number of aromatic nitrogens is 1. The SMILES string of the molecule is COc1c(/C=N/OCc2ccccc2)c(=O)n(Cc2ccccc2)c2ccccc12. The summed E-state index contributed by atoms with van der Waals surface area (Å²) in [6.07, 6.45) is 1.44. The second kappa shape index (κ2) is 9.09. The zero-order valence-electron chi connectivity index (χ0n) is 16.7. The van der Waals surface area contributed by atoms with E-state index in [2.05, 4.69) is 5.16 Å². The fraction of sp³-hybridized carbons (Fsp3) is 0.120. The molecule has 0 fully saturated rings. The molecule has 0 N–H and O–H groups in total. The maximum atomic E-state index is 13.4. The maximum Gasteiger partial charge on any atom is 0.264 e. The Kier molecular flexibility index (Phi) is 5.90. The largest absolute Gasteiger partial charge is 0.495 e. The van der Waals surface area contributed by atoms with Gasteiger partial charge in [-0.25, -0.2) is 0 Å². The molecule has 0 atom stereocenters. The van der Waals surface area contributed by atoms with Crippen molar-refractivity contribution in [1.29, 1.82) is 0 Å². The van der Waals surface area contributed by atoms with E-state index in [1.807, 2.05) is 84.9 Å². The van der Waals surface area contributed by atoms with E-state index in [0.29, 0.717) is 24.5 Å². The molecule has 0 aliphatic rings. The fourth-order valence-corrected chi connectivity index (χ4v) is 3.43. The third-order valence-electron chi connectivity index (χ3n) is 4.88. The molecule has 30 heavy (non-hydrogen) atoms. The summed E-state index contributed by atoms with van der Waals surface area (Å²) in [5, 5.41) is 4.89. The first-order valence-electron chi connectivity index (χ1n) is 9.70. The standard InChI is InChI=1S/C25H22N2O3/c1-29-24-21-14-8-9-15-23(21)27(17-19-10-4-2-5-11-19)25(28)22(24)16-26-30-18-20-12-6-3-7-13-20/h2-16H,17-18H2,1H3/b26-16+. The maximum absolute atomic E-state index is 13.4. The van der Waals surface area contributed by atoms with Crippen molar-refractivity contribution in [2.45, 2.75) is 13.2 Å². The third-order valence-corrected chi connectivity index (χ3v) is 4.88. The van der Waals surface area contributed by atoms with Gasteiger partial charge in [-0.1, -0.05) is 78.0 Å². The van der Waals surface area contributed by atoms with Gasteiger partial charge in [0.15, 0.2) is 0 Å². The smallest absolute Gasteiger partial charge is 0.264 e. The van der Waals surface area contributed by atoms with Crippen LogP contribution in [0.4, 0.5) is 0 Å². The van der Waals surface area contributed by atoms with Gasteiger partial charge in [-0.2, -0.15) is 0 Å². The van der Waals surface area contributed by atoms with Crippen LogP contribution in [-0.4, -0.2) is 17.9 Å². The molecule has 0 saturated carbocycles. The van der Waals surface area contributed by atoms with Gasteiger partial charge >= 0.3 is 0 Å². The second-order valence-corrected chi connectivity index (χ2v) is 6.83. The first-order valence-corrected chi connectivity index (χ1v) is 9.70. The van der Waals surface area contributed by atoms with E-state index >= 15 is 0 Å². The molecule has 0 aliphatic heterocycles. The van der Waals surface area contributed by atoms with E-state index in [0.717, 1.165) is 22.0 Å². The molecule has 0 radical (unpaired) electrons. The summed E-state index contributed by atoms with van der Waals surface area (Å²) in [5.41, 5.74) is 3.03. The number of nitrogens with zero attached hydrogens (tertiary/aromatic N) is 2. The molecule has 150 valence electrons. The molecule has 0 saturated heterocycles. The molecule has 0 unspecified atom stereocenters. The van der Waals surface area contributed by atoms with Crippen LogP contribution in [0.1, 0.15) is 16.7 Å². The molecular formula is C25H22N2O3. The molecule has 1 heterocycles. The highest BCUT2D eigenvalue weighted by molar-refractivity contribution is 5.95.